The molecular formula is C16H25N3O2. The minimum Gasteiger partial charge on any atom is -0.494 e. The second-order valence-electron chi connectivity index (χ2n) is 5.36. The van der Waals surface area contributed by atoms with Crippen molar-refractivity contribution in [2.24, 2.45) is 0 Å². The lowest BCUT2D eigenvalue weighted by Crippen LogP contribution is -2.48. The number of anilines is 1. The highest BCUT2D eigenvalue weighted by Gasteiger charge is 2.22. The van der Waals surface area contributed by atoms with E-state index in [-0.39, 0.29) is 5.91 Å². The van der Waals surface area contributed by atoms with Gasteiger partial charge in [0.15, 0.2) is 0 Å². The van der Waals surface area contributed by atoms with E-state index in [1.54, 1.807) is 18.2 Å². The summed E-state index contributed by atoms with van der Waals surface area (Å²) in [6.45, 7) is 9.20. The third kappa shape index (κ3) is 4.11. The van der Waals surface area contributed by atoms with Gasteiger partial charge >= 0.3 is 0 Å². The number of carbonyl (C=O) groups excluding carboxylic acids is 1. The van der Waals surface area contributed by atoms with Crippen molar-refractivity contribution in [2.45, 2.75) is 20.3 Å². The molecule has 1 aliphatic heterocycles. The number of amides is 1. The van der Waals surface area contributed by atoms with Gasteiger partial charge in [-0.25, -0.2) is 0 Å². The molecule has 0 aromatic heterocycles. The van der Waals surface area contributed by atoms with E-state index in [1.165, 1.54) is 0 Å². The Hall–Kier alpha value is -1.75. The van der Waals surface area contributed by atoms with Crippen molar-refractivity contribution in [3.8, 4) is 5.75 Å². The molecule has 0 aliphatic carbocycles. The largest absolute Gasteiger partial charge is 0.494 e. The van der Waals surface area contributed by atoms with Crippen LogP contribution in [0.3, 0.4) is 0 Å². The van der Waals surface area contributed by atoms with Gasteiger partial charge < -0.3 is 15.4 Å². The molecule has 1 fully saturated rings. The number of hydrogen-bond acceptors (Lipinski definition) is 4. The monoisotopic (exact) mass is 291 g/mol. The minimum atomic E-state index is 0.0411. The van der Waals surface area contributed by atoms with E-state index in [1.807, 2.05) is 11.8 Å². The predicted octanol–water partition coefficient (Wildman–Crippen LogP) is 1.84. The number of nitrogens with zero attached hydrogens (tertiary/aromatic N) is 2. The zero-order valence-corrected chi connectivity index (χ0v) is 13.0. The molecule has 1 aromatic rings. The summed E-state index contributed by atoms with van der Waals surface area (Å²) in [5.74, 6) is 0.699. The molecule has 0 bridgehead atoms. The van der Waals surface area contributed by atoms with Crippen molar-refractivity contribution in [2.75, 3.05) is 45.1 Å². The van der Waals surface area contributed by atoms with Crippen LogP contribution in [0.25, 0.3) is 0 Å². The molecule has 0 atom stereocenters. The van der Waals surface area contributed by atoms with Crippen LogP contribution in [-0.2, 0) is 0 Å². The second kappa shape index (κ2) is 7.31. The summed E-state index contributed by atoms with van der Waals surface area (Å²) in [5, 5.41) is 0. The van der Waals surface area contributed by atoms with Crippen molar-refractivity contribution in [1.82, 2.24) is 9.80 Å². The molecule has 116 valence electrons. The van der Waals surface area contributed by atoms with E-state index in [4.69, 9.17) is 10.5 Å². The van der Waals surface area contributed by atoms with Gasteiger partial charge in [-0.15, -0.1) is 0 Å². The molecule has 1 aromatic carbocycles. The normalized spacial score (nSPS) is 16.0. The summed E-state index contributed by atoms with van der Waals surface area (Å²) in [6.07, 6.45) is 1.15. The lowest BCUT2D eigenvalue weighted by atomic mass is 10.1. The number of nitrogens with two attached hydrogens (primary N) is 1. The summed E-state index contributed by atoms with van der Waals surface area (Å²) >= 11 is 0. The second-order valence-corrected chi connectivity index (χ2v) is 5.36. The molecule has 0 radical (unpaired) electrons. The van der Waals surface area contributed by atoms with Gasteiger partial charge in [-0.2, -0.15) is 0 Å². The van der Waals surface area contributed by atoms with Gasteiger partial charge in [-0.1, -0.05) is 6.92 Å². The highest BCUT2D eigenvalue weighted by atomic mass is 16.5. The molecule has 5 heteroatoms. The smallest absolute Gasteiger partial charge is 0.254 e. The van der Waals surface area contributed by atoms with E-state index in [0.29, 0.717) is 23.6 Å². The van der Waals surface area contributed by atoms with Crippen LogP contribution in [0, 0.1) is 0 Å². The highest BCUT2D eigenvalue weighted by Crippen LogP contribution is 2.20. The Morgan fingerprint density at radius 2 is 1.90 bits per heavy atom. The van der Waals surface area contributed by atoms with Crippen LogP contribution in [-0.4, -0.2) is 55.0 Å². The Morgan fingerprint density at radius 3 is 2.52 bits per heavy atom. The molecule has 1 saturated heterocycles. The summed E-state index contributed by atoms with van der Waals surface area (Å²) in [4.78, 5) is 16.9. The SMILES string of the molecule is CCCN1CCN(C(=O)c2cc(N)cc(OCC)c2)CC1. The van der Waals surface area contributed by atoms with Gasteiger partial charge in [0.25, 0.3) is 5.91 Å². The molecule has 0 spiro atoms. The average molecular weight is 291 g/mol. The van der Waals surface area contributed by atoms with E-state index >= 15 is 0 Å². The van der Waals surface area contributed by atoms with Crippen LogP contribution in [0.4, 0.5) is 5.69 Å². The molecule has 5 nitrogen and oxygen atoms in total. The fourth-order valence-electron chi connectivity index (χ4n) is 2.67. The van der Waals surface area contributed by atoms with Gasteiger partial charge in [0, 0.05) is 43.5 Å². The maximum Gasteiger partial charge on any atom is 0.254 e. The van der Waals surface area contributed by atoms with Crippen molar-refractivity contribution in [3.05, 3.63) is 23.8 Å². The minimum absolute atomic E-state index is 0.0411. The fraction of sp³-hybridized carbons (Fsp3) is 0.562. The zero-order valence-electron chi connectivity index (χ0n) is 13.0. The third-order valence-electron chi connectivity index (χ3n) is 3.69. The Balaban J connectivity index is 2.03. The maximum absolute atomic E-state index is 12.6. The van der Waals surface area contributed by atoms with Gasteiger partial charge in [0.1, 0.15) is 5.75 Å². The molecule has 2 N–H and O–H groups in total. The van der Waals surface area contributed by atoms with Gasteiger partial charge in [-0.05, 0) is 32.0 Å². The fourth-order valence-corrected chi connectivity index (χ4v) is 2.67. The molecule has 1 heterocycles. The third-order valence-corrected chi connectivity index (χ3v) is 3.69. The van der Waals surface area contributed by atoms with Crippen molar-refractivity contribution < 1.29 is 9.53 Å². The number of carbonyl (C=O) groups is 1. The van der Waals surface area contributed by atoms with Crippen LogP contribution in [0.15, 0.2) is 18.2 Å². The number of piperazine rings is 1. The Kier molecular flexibility index (Phi) is 5.44. The van der Waals surface area contributed by atoms with Gasteiger partial charge in [-0.3, -0.25) is 9.69 Å². The molecule has 2 rings (SSSR count). The number of ether oxygens (including phenoxy) is 1. The maximum atomic E-state index is 12.6. The number of rotatable bonds is 5. The highest BCUT2D eigenvalue weighted by molar-refractivity contribution is 5.95. The first-order valence-corrected chi connectivity index (χ1v) is 7.69. The Morgan fingerprint density at radius 1 is 1.19 bits per heavy atom. The van der Waals surface area contributed by atoms with Crippen LogP contribution in [0.1, 0.15) is 30.6 Å². The van der Waals surface area contributed by atoms with Gasteiger partial charge in [0.2, 0.25) is 0 Å². The Bertz CT molecular complexity index is 482. The van der Waals surface area contributed by atoms with E-state index in [2.05, 4.69) is 11.8 Å². The summed E-state index contributed by atoms with van der Waals surface area (Å²) in [5.41, 5.74) is 7.04. The molecule has 1 aliphatic rings. The van der Waals surface area contributed by atoms with Crippen LogP contribution >= 0.6 is 0 Å². The van der Waals surface area contributed by atoms with Crippen LogP contribution < -0.4 is 10.5 Å². The predicted molar refractivity (Wildman–Crippen MR) is 84.7 cm³/mol. The molecular weight excluding hydrogens is 266 g/mol. The Labute approximate surface area is 126 Å². The first-order chi connectivity index (χ1) is 10.1. The topological polar surface area (TPSA) is 58.8 Å². The number of benzene rings is 1. The lowest BCUT2D eigenvalue weighted by Gasteiger charge is -2.34. The molecule has 0 unspecified atom stereocenters. The quantitative estimate of drug-likeness (QED) is 0.841. The molecule has 21 heavy (non-hydrogen) atoms. The van der Waals surface area contributed by atoms with Crippen molar-refractivity contribution in [1.29, 1.82) is 0 Å². The molecule has 0 saturated carbocycles. The number of hydrogen-bond donors (Lipinski definition) is 1. The summed E-state index contributed by atoms with van der Waals surface area (Å²) < 4.78 is 5.45. The standard InChI is InChI=1S/C16H25N3O2/c1-3-5-18-6-8-19(9-7-18)16(20)13-10-14(17)12-15(11-13)21-4-2/h10-12H,3-9,17H2,1-2H3. The first-order valence-electron chi connectivity index (χ1n) is 7.69. The van der Waals surface area contributed by atoms with Crippen molar-refractivity contribution in [3.63, 3.8) is 0 Å². The van der Waals surface area contributed by atoms with Gasteiger partial charge in [0.05, 0.1) is 6.61 Å². The number of nitrogen functional groups attached to an aromatic ring is 1. The van der Waals surface area contributed by atoms with Crippen LogP contribution in [0.2, 0.25) is 0 Å². The van der Waals surface area contributed by atoms with E-state index < -0.39 is 0 Å². The summed E-state index contributed by atoms with van der Waals surface area (Å²) in [7, 11) is 0. The van der Waals surface area contributed by atoms with E-state index in [0.717, 1.165) is 39.1 Å². The van der Waals surface area contributed by atoms with Crippen molar-refractivity contribution >= 4 is 11.6 Å². The van der Waals surface area contributed by atoms with Crippen LogP contribution in [0.5, 0.6) is 5.75 Å². The first kappa shape index (κ1) is 15.6. The van der Waals surface area contributed by atoms with E-state index in [9.17, 15) is 4.79 Å². The lowest BCUT2D eigenvalue weighted by molar-refractivity contribution is 0.0637. The average Bonchev–Trinajstić information content (AvgIpc) is 2.47. The zero-order chi connectivity index (χ0) is 15.2. The molecule has 1 amide bonds. The summed E-state index contributed by atoms with van der Waals surface area (Å²) in [6, 6.07) is 5.25.